The summed E-state index contributed by atoms with van der Waals surface area (Å²) in [5.41, 5.74) is 9.51. The van der Waals surface area contributed by atoms with Crippen molar-refractivity contribution in [2.45, 2.75) is 39.3 Å². The Kier molecular flexibility index (Phi) is 6.23. The van der Waals surface area contributed by atoms with Gasteiger partial charge in [0.1, 0.15) is 11.5 Å². The third-order valence-corrected chi connectivity index (χ3v) is 8.52. The van der Waals surface area contributed by atoms with Crippen LogP contribution in [0.1, 0.15) is 56.2 Å². The molecule has 208 valence electrons. The molecule has 42 heavy (non-hydrogen) atoms. The van der Waals surface area contributed by atoms with E-state index < -0.39 is 5.60 Å². The molecule has 1 atom stereocenters. The summed E-state index contributed by atoms with van der Waals surface area (Å²) in [4.78, 5) is 13.5. The highest BCUT2D eigenvalue weighted by atomic mass is 16.6. The molecule has 0 saturated heterocycles. The predicted molar refractivity (Wildman–Crippen MR) is 167 cm³/mol. The quantitative estimate of drug-likeness (QED) is 0.206. The summed E-state index contributed by atoms with van der Waals surface area (Å²) in [5.74, 6) is 0.971. The van der Waals surface area contributed by atoms with Crippen molar-refractivity contribution in [3.8, 4) is 11.5 Å². The maximum Gasteiger partial charge on any atom is 0.340 e. The van der Waals surface area contributed by atoms with Gasteiger partial charge in [-0.05, 0) is 85.0 Å². The third kappa shape index (κ3) is 4.04. The Labute approximate surface area is 246 Å². The van der Waals surface area contributed by atoms with Gasteiger partial charge in [-0.25, -0.2) is 4.79 Å². The molecule has 2 N–H and O–H groups in total. The molecule has 0 aliphatic carbocycles. The van der Waals surface area contributed by atoms with Gasteiger partial charge >= 0.3 is 5.97 Å². The molecule has 0 amide bonds. The van der Waals surface area contributed by atoms with Gasteiger partial charge in [0.2, 0.25) is 0 Å². The van der Waals surface area contributed by atoms with E-state index in [0.29, 0.717) is 23.6 Å². The fraction of sp³-hybridized carbons (Fsp3) is 0.162. The normalized spacial score (nSPS) is 16.2. The Morgan fingerprint density at radius 2 is 1.57 bits per heavy atom. The van der Waals surface area contributed by atoms with Crippen LogP contribution in [0.2, 0.25) is 0 Å². The fourth-order valence-electron chi connectivity index (χ4n) is 6.46. The second-order valence-electron chi connectivity index (χ2n) is 11.0. The van der Waals surface area contributed by atoms with Crippen molar-refractivity contribution < 1.29 is 14.3 Å². The van der Waals surface area contributed by atoms with E-state index in [1.54, 1.807) is 0 Å². The highest BCUT2D eigenvalue weighted by molar-refractivity contribution is 5.98. The highest BCUT2D eigenvalue weighted by Crippen LogP contribution is 2.58. The van der Waals surface area contributed by atoms with E-state index in [4.69, 9.17) is 9.47 Å². The van der Waals surface area contributed by atoms with E-state index in [1.807, 2.05) is 72.8 Å². The molecule has 1 unspecified atom stereocenters. The summed E-state index contributed by atoms with van der Waals surface area (Å²) in [7, 11) is 0. The van der Waals surface area contributed by atoms with Crippen LogP contribution in [0, 0.1) is 13.8 Å². The molecule has 0 bridgehead atoms. The van der Waals surface area contributed by atoms with E-state index in [9.17, 15) is 4.79 Å². The van der Waals surface area contributed by atoms with Crippen LogP contribution in [0.4, 0.5) is 17.1 Å². The Hall–Kier alpha value is -5.03. The predicted octanol–water partition coefficient (Wildman–Crippen LogP) is 8.79. The summed E-state index contributed by atoms with van der Waals surface area (Å²) in [6.07, 6.45) is 0.949. The molecule has 0 radical (unpaired) electrons. The molecule has 0 fully saturated rings. The number of fused-ring (bicyclic) bond motifs is 6. The monoisotopic (exact) mass is 552 g/mol. The molecular weight excluding hydrogens is 520 g/mol. The van der Waals surface area contributed by atoms with E-state index in [-0.39, 0.29) is 5.97 Å². The summed E-state index contributed by atoms with van der Waals surface area (Å²) in [6, 6.07) is 34.2. The maximum absolute atomic E-state index is 13.5. The topological polar surface area (TPSA) is 59.6 Å². The number of hydrogen-bond donors (Lipinski definition) is 2. The minimum absolute atomic E-state index is 0.346. The van der Waals surface area contributed by atoms with Crippen molar-refractivity contribution in [2.75, 3.05) is 10.6 Å². The number of carbonyl (C=O) groups excluding carboxylic acids is 1. The zero-order chi connectivity index (χ0) is 28.8. The number of rotatable bonds is 6. The van der Waals surface area contributed by atoms with Gasteiger partial charge in [0.05, 0.1) is 16.8 Å². The molecule has 5 nitrogen and oxygen atoms in total. The summed E-state index contributed by atoms with van der Waals surface area (Å²) >= 11 is 0. The first-order chi connectivity index (χ1) is 20.5. The number of anilines is 3. The largest absolute Gasteiger partial charge is 0.456 e. The lowest BCUT2D eigenvalue weighted by atomic mass is 9.76. The van der Waals surface area contributed by atoms with Crippen molar-refractivity contribution >= 4 is 23.0 Å². The number of benzene rings is 5. The van der Waals surface area contributed by atoms with Gasteiger partial charge in [-0.3, -0.25) is 0 Å². The molecule has 5 heteroatoms. The minimum Gasteiger partial charge on any atom is -0.456 e. The van der Waals surface area contributed by atoms with Crippen molar-refractivity contribution in [3.63, 3.8) is 0 Å². The zero-order valence-corrected chi connectivity index (χ0v) is 24.0. The van der Waals surface area contributed by atoms with Crippen LogP contribution in [-0.2, 0) is 23.3 Å². The summed E-state index contributed by atoms with van der Waals surface area (Å²) in [6.45, 7) is 7.15. The summed E-state index contributed by atoms with van der Waals surface area (Å²) in [5, 5.41) is 7.25. The Bertz CT molecular complexity index is 1850. The van der Waals surface area contributed by atoms with E-state index in [1.165, 1.54) is 22.3 Å². The molecule has 5 aromatic rings. The van der Waals surface area contributed by atoms with Crippen LogP contribution in [0.5, 0.6) is 11.5 Å². The first-order valence-electron chi connectivity index (χ1n) is 14.4. The first kappa shape index (κ1) is 25.9. The van der Waals surface area contributed by atoms with Gasteiger partial charge in [-0.15, -0.1) is 0 Å². The van der Waals surface area contributed by atoms with E-state index in [0.717, 1.165) is 40.2 Å². The van der Waals surface area contributed by atoms with Gasteiger partial charge in [0.25, 0.3) is 0 Å². The van der Waals surface area contributed by atoms with Crippen molar-refractivity contribution in [3.05, 3.63) is 148 Å². The van der Waals surface area contributed by atoms with Crippen LogP contribution < -0.4 is 15.4 Å². The standard InChI is InChI=1S/C37H32N2O3/c1-4-27-23(2)17-19-31(24(27)3)39-32-15-10-16-34-35(32)37(29-14-9-8-13-28(29)36(40)42-37)30-21-26(18-20-33(30)41-34)38-22-25-11-6-5-7-12-25/h5-21,38-39H,4,22H2,1-3H3. The molecule has 0 aromatic heterocycles. The average molecular weight is 553 g/mol. The smallest absolute Gasteiger partial charge is 0.340 e. The van der Waals surface area contributed by atoms with Crippen LogP contribution in [-0.4, -0.2) is 5.97 Å². The third-order valence-electron chi connectivity index (χ3n) is 8.52. The Balaban J connectivity index is 1.40. The molecular formula is C37H32N2O3. The average Bonchev–Trinajstić information content (AvgIpc) is 3.31. The van der Waals surface area contributed by atoms with Crippen molar-refractivity contribution in [1.29, 1.82) is 0 Å². The lowest BCUT2D eigenvalue weighted by molar-refractivity contribution is 0.0227. The zero-order valence-electron chi connectivity index (χ0n) is 24.0. The van der Waals surface area contributed by atoms with Crippen LogP contribution in [0.3, 0.4) is 0 Å². The molecule has 2 aliphatic heterocycles. The number of esters is 1. The lowest BCUT2D eigenvalue weighted by Crippen LogP contribution is -2.34. The SMILES string of the molecule is CCc1c(C)ccc(Nc2cccc3c2C2(OC(=O)c4ccccc42)c2cc(NCc4ccccc4)ccc2O3)c1C. The Morgan fingerprint density at radius 3 is 2.40 bits per heavy atom. The van der Waals surface area contributed by atoms with Gasteiger partial charge in [0.15, 0.2) is 5.60 Å². The number of aryl methyl sites for hydroxylation is 1. The van der Waals surface area contributed by atoms with Gasteiger partial charge in [0, 0.05) is 29.0 Å². The van der Waals surface area contributed by atoms with Gasteiger partial charge < -0.3 is 20.1 Å². The first-order valence-corrected chi connectivity index (χ1v) is 14.4. The van der Waals surface area contributed by atoms with Crippen LogP contribution in [0.15, 0.2) is 103 Å². The number of hydrogen-bond acceptors (Lipinski definition) is 5. The van der Waals surface area contributed by atoms with E-state index >= 15 is 0 Å². The summed E-state index contributed by atoms with van der Waals surface area (Å²) < 4.78 is 13.1. The molecule has 1 spiro atoms. The molecule has 2 aliphatic rings. The molecule has 7 rings (SSSR count). The fourth-order valence-corrected chi connectivity index (χ4v) is 6.46. The molecule has 0 saturated carbocycles. The highest BCUT2D eigenvalue weighted by Gasteiger charge is 2.54. The van der Waals surface area contributed by atoms with Crippen LogP contribution >= 0.6 is 0 Å². The van der Waals surface area contributed by atoms with E-state index in [2.05, 4.69) is 61.7 Å². The minimum atomic E-state index is -1.18. The second-order valence-corrected chi connectivity index (χ2v) is 11.0. The number of nitrogens with one attached hydrogen (secondary N) is 2. The number of ether oxygens (including phenoxy) is 2. The molecule has 5 aromatic carbocycles. The van der Waals surface area contributed by atoms with Crippen molar-refractivity contribution in [1.82, 2.24) is 0 Å². The second kappa shape index (κ2) is 10.1. The Morgan fingerprint density at radius 1 is 0.762 bits per heavy atom. The van der Waals surface area contributed by atoms with Gasteiger partial charge in [-0.2, -0.15) is 0 Å². The van der Waals surface area contributed by atoms with Crippen molar-refractivity contribution in [2.24, 2.45) is 0 Å². The lowest BCUT2D eigenvalue weighted by Gasteiger charge is -2.38. The number of carbonyl (C=O) groups is 1. The van der Waals surface area contributed by atoms with Gasteiger partial charge in [-0.1, -0.05) is 67.6 Å². The van der Waals surface area contributed by atoms with Crippen LogP contribution in [0.25, 0.3) is 0 Å². The maximum atomic E-state index is 13.5. The molecule has 2 heterocycles.